The van der Waals surface area contributed by atoms with E-state index in [4.69, 9.17) is 4.74 Å². The summed E-state index contributed by atoms with van der Waals surface area (Å²) in [6.07, 6.45) is 0.158. The molecule has 7 nitrogen and oxygen atoms in total. The predicted molar refractivity (Wildman–Crippen MR) is 120 cm³/mol. The summed E-state index contributed by atoms with van der Waals surface area (Å²) < 4.78 is 5.43. The van der Waals surface area contributed by atoms with E-state index in [1.165, 1.54) is 0 Å². The van der Waals surface area contributed by atoms with Gasteiger partial charge in [0, 0.05) is 24.2 Å². The summed E-state index contributed by atoms with van der Waals surface area (Å²) in [5.41, 5.74) is 6.03. The number of carbonyl (C=O) groups is 2. The van der Waals surface area contributed by atoms with Crippen molar-refractivity contribution in [3.05, 3.63) is 59.3 Å². The molecular weight excluding hydrogens is 392 g/mol. The van der Waals surface area contributed by atoms with Gasteiger partial charge in [0.1, 0.15) is 5.75 Å². The Morgan fingerprint density at radius 3 is 2.58 bits per heavy atom. The molecule has 7 heteroatoms. The number of methoxy groups -OCH3 is 1. The van der Waals surface area contributed by atoms with Crippen molar-refractivity contribution in [1.29, 1.82) is 0 Å². The first kappa shape index (κ1) is 20.7. The van der Waals surface area contributed by atoms with Crippen LogP contribution in [0.1, 0.15) is 23.2 Å². The van der Waals surface area contributed by atoms with E-state index in [1.807, 2.05) is 63.2 Å². The maximum Gasteiger partial charge on any atom is 0.229 e. The molecule has 3 aromatic rings. The van der Waals surface area contributed by atoms with Crippen molar-refractivity contribution in [2.75, 3.05) is 23.9 Å². The minimum atomic E-state index is -0.451. The Morgan fingerprint density at radius 1 is 1.13 bits per heavy atom. The number of anilines is 2. The van der Waals surface area contributed by atoms with E-state index >= 15 is 0 Å². The number of H-pyrrole nitrogens is 1. The average molecular weight is 418 g/mol. The van der Waals surface area contributed by atoms with Crippen molar-refractivity contribution in [2.24, 2.45) is 5.92 Å². The zero-order chi connectivity index (χ0) is 22.1. The van der Waals surface area contributed by atoms with E-state index in [1.54, 1.807) is 12.0 Å². The number of hydrogen-bond acceptors (Lipinski definition) is 4. The van der Waals surface area contributed by atoms with Crippen LogP contribution in [0.5, 0.6) is 5.75 Å². The molecule has 2 heterocycles. The minimum Gasteiger partial charge on any atom is -0.495 e. The van der Waals surface area contributed by atoms with Gasteiger partial charge in [0.15, 0.2) is 0 Å². The molecule has 31 heavy (non-hydrogen) atoms. The van der Waals surface area contributed by atoms with Gasteiger partial charge in [0.2, 0.25) is 11.8 Å². The first-order valence-electron chi connectivity index (χ1n) is 10.2. The lowest BCUT2D eigenvalue weighted by Gasteiger charge is -2.20. The number of benzene rings is 2. The van der Waals surface area contributed by atoms with Gasteiger partial charge in [-0.05, 0) is 56.7 Å². The number of nitrogens with one attached hydrogen (secondary N) is 2. The van der Waals surface area contributed by atoms with Crippen LogP contribution in [-0.2, 0) is 9.59 Å². The van der Waals surface area contributed by atoms with Crippen molar-refractivity contribution in [2.45, 2.75) is 27.2 Å². The van der Waals surface area contributed by atoms with Crippen LogP contribution in [0, 0.1) is 26.7 Å². The SMILES string of the molecule is COc1ccc(C)cc1N1C[C@H](C(=O)Nc2ccc(C)cc2-c2cc(C)[nH]n2)CC1=O. The number of nitrogens with zero attached hydrogens (tertiary/aromatic N) is 2. The van der Waals surface area contributed by atoms with Crippen molar-refractivity contribution in [3.63, 3.8) is 0 Å². The van der Waals surface area contributed by atoms with E-state index in [0.717, 1.165) is 28.1 Å². The number of hydrogen-bond donors (Lipinski definition) is 2. The van der Waals surface area contributed by atoms with Gasteiger partial charge >= 0.3 is 0 Å². The molecule has 1 aromatic heterocycles. The highest BCUT2D eigenvalue weighted by molar-refractivity contribution is 6.05. The lowest BCUT2D eigenvalue weighted by Crippen LogP contribution is -2.28. The third kappa shape index (κ3) is 4.17. The number of aryl methyl sites for hydroxylation is 3. The van der Waals surface area contributed by atoms with Crippen LogP contribution in [-0.4, -0.2) is 35.7 Å². The van der Waals surface area contributed by atoms with Crippen LogP contribution in [0.15, 0.2) is 42.5 Å². The molecule has 1 aliphatic heterocycles. The Labute approximate surface area is 181 Å². The lowest BCUT2D eigenvalue weighted by molar-refractivity contribution is -0.122. The fourth-order valence-electron chi connectivity index (χ4n) is 3.90. The van der Waals surface area contributed by atoms with Crippen LogP contribution in [0.4, 0.5) is 11.4 Å². The Hall–Kier alpha value is -3.61. The minimum absolute atomic E-state index is 0.0869. The maximum atomic E-state index is 13.1. The van der Waals surface area contributed by atoms with Crippen molar-refractivity contribution >= 4 is 23.2 Å². The van der Waals surface area contributed by atoms with Gasteiger partial charge in [0.25, 0.3) is 0 Å². The number of ether oxygens (including phenoxy) is 1. The second-order valence-electron chi connectivity index (χ2n) is 8.06. The van der Waals surface area contributed by atoms with Gasteiger partial charge in [-0.15, -0.1) is 0 Å². The van der Waals surface area contributed by atoms with Crippen molar-refractivity contribution < 1.29 is 14.3 Å². The number of aromatic amines is 1. The van der Waals surface area contributed by atoms with Gasteiger partial charge in [-0.3, -0.25) is 14.7 Å². The van der Waals surface area contributed by atoms with Crippen molar-refractivity contribution in [3.8, 4) is 17.0 Å². The molecule has 0 bridgehead atoms. The van der Waals surface area contributed by atoms with Gasteiger partial charge in [0.05, 0.1) is 30.1 Å². The number of carbonyl (C=O) groups excluding carboxylic acids is 2. The molecule has 2 aromatic carbocycles. The molecule has 1 aliphatic rings. The molecule has 0 radical (unpaired) electrons. The molecule has 1 saturated heterocycles. The molecule has 1 atom stereocenters. The molecule has 160 valence electrons. The molecule has 0 saturated carbocycles. The topological polar surface area (TPSA) is 87.3 Å². The summed E-state index contributed by atoms with van der Waals surface area (Å²) >= 11 is 0. The molecule has 0 spiro atoms. The standard InChI is InChI=1S/C24H26N4O3/c1-14-5-7-19(18(9-14)20-11-16(3)26-27-20)25-24(30)17-12-23(29)28(13-17)21-10-15(2)6-8-22(21)31-4/h5-11,17H,12-13H2,1-4H3,(H,25,30)(H,26,27)/t17-/m1/s1. The number of amides is 2. The Bertz CT molecular complexity index is 1150. The second kappa shape index (κ2) is 8.26. The predicted octanol–water partition coefficient (Wildman–Crippen LogP) is 4.00. The molecule has 0 unspecified atom stereocenters. The van der Waals surface area contributed by atoms with Gasteiger partial charge < -0.3 is 15.0 Å². The third-order valence-corrected chi connectivity index (χ3v) is 5.54. The molecule has 1 fully saturated rings. The quantitative estimate of drug-likeness (QED) is 0.656. The molecule has 2 amide bonds. The monoisotopic (exact) mass is 418 g/mol. The van der Waals surface area contributed by atoms with Crippen LogP contribution in [0.3, 0.4) is 0 Å². The summed E-state index contributed by atoms with van der Waals surface area (Å²) in [6.45, 7) is 6.21. The van der Waals surface area contributed by atoms with Crippen LogP contribution in [0.2, 0.25) is 0 Å². The largest absolute Gasteiger partial charge is 0.495 e. The molecule has 2 N–H and O–H groups in total. The summed E-state index contributed by atoms with van der Waals surface area (Å²) in [4.78, 5) is 27.5. The summed E-state index contributed by atoms with van der Waals surface area (Å²) in [5.74, 6) is -0.0986. The Morgan fingerprint density at radius 2 is 1.87 bits per heavy atom. The average Bonchev–Trinajstić information content (AvgIpc) is 3.35. The number of rotatable bonds is 5. The Kier molecular flexibility index (Phi) is 5.50. The normalized spacial score (nSPS) is 15.9. The molecular formula is C24H26N4O3. The fraction of sp³-hybridized carbons (Fsp3) is 0.292. The van der Waals surface area contributed by atoms with Gasteiger partial charge in [-0.25, -0.2) is 0 Å². The summed E-state index contributed by atoms with van der Waals surface area (Å²) in [7, 11) is 1.58. The zero-order valence-electron chi connectivity index (χ0n) is 18.2. The second-order valence-corrected chi connectivity index (χ2v) is 8.06. The zero-order valence-corrected chi connectivity index (χ0v) is 18.2. The van der Waals surface area contributed by atoms with E-state index in [2.05, 4.69) is 15.5 Å². The van der Waals surface area contributed by atoms with E-state index in [0.29, 0.717) is 23.7 Å². The highest BCUT2D eigenvalue weighted by atomic mass is 16.5. The third-order valence-electron chi connectivity index (χ3n) is 5.54. The van der Waals surface area contributed by atoms with Crippen LogP contribution < -0.4 is 15.0 Å². The summed E-state index contributed by atoms with van der Waals surface area (Å²) in [6, 6.07) is 13.4. The van der Waals surface area contributed by atoms with Crippen molar-refractivity contribution in [1.82, 2.24) is 10.2 Å². The first-order valence-corrected chi connectivity index (χ1v) is 10.2. The highest BCUT2D eigenvalue weighted by Gasteiger charge is 2.36. The summed E-state index contributed by atoms with van der Waals surface area (Å²) in [5, 5.41) is 10.3. The van der Waals surface area contributed by atoms with Gasteiger partial charge in [-0.1, -0.05) is 17.7 Å². The van der Waals surface area contributed by atoms with Gasteiger partial charge in [-0.2, -0.15) is 5.10 Å². The smallest absolute Gasteiger partial charge is 0.229 e. The fourth-order valence-corrected chi connectivity index (χ4v) is 3.90. The van der Waals surface area contributed by atoms with E-state index < -0.39 is 5.92 Å². The molecule has 0 aliphatic carbocycles. The number of aromatic nitrogens is 2. The Balaban J connectivity index is 1.56. The molecule has 4 rings (SSSR count). The van der Waals surface area contributed by atoms with E-state index in [9.17, 15) is 9.59 Å². The maximum absolute atomic E-state index is 13.1. The van der Waals surface area contributed by atoms with Crippen LogP contribution >= 0.6 is 0 Å². The van der Waals surface area contributed by atoms with E-state index in [-0.39, 0.29) is 18.2 Å². The lowest BCUT2D eigenvalue weighted by atomic mass is 10.0. The first-order chi connectivity index (χ1) is 14.9. The highest BCUT2D eigenvalue weighted by Crippen LogP contribution is 2.35. The van der Waals surface area contributed by atoms with Crippen LogP contribution in [0.25, 0.3) is 11.3 Å².